The molecular weight excluding hydrogens is 480 g/mol. The van der Waals surface area contributed by atoms with E-state index in [1.165, 1.54) is 128 Å². The van der Waals surface area contributed by atoms with Crippen LogP contribution in [0.5, 0.6) is 0 Å². The van der Waals surface area contributed by atoms with E-state index in [1.807, 2.05) is 0 Å². The van der Waals surface area contributed by atoms with Crippen LogP contribution in [0.15, 0.2) is 0 Å². The Kier molecular flexibility index (Phi) is 27.6. The summed E-state index contributed by atoms with van der Waals surface area (Å²) in [5, 5.41) is 1.47. The Morgan fingerprint density at radius 1 is 0.444 bits per heavy atom. The molecule has 0 radical (unpaired) electrons. The third-order valence-electron chi connectivity index (χ3n) is 7.36. The highest BCUT2D eigenvalue weighted by Crippen LogP contribution is 2.17. The Morgan fingerprint density at radius 3 is 0.972 bits per heavy atom. The van der Waals surface area contributed by atoms with Crippen molar-refractivity contribution in [2.45, 2.75) is 169 Å². The monoisotopic (exact) mass is 542 g/mol. The van der Waals surface area contributed by atoms with Gasteiger partial charge in [-0.1, -0.05) is 156 Å². The molecule has 0 heterocycles. The molecule has 0 aliphatic heterocycles. The van der Waals surface area contributed by atoms with E-state index < -0.39 is 0 Å². The summed E-state index contributed by atoms with van der Waals surface area (Å²) in [6.45, 7) is 9.95. The fraction of sp³-hybridized carbons (Fsp3) is 0.938. The molecule has 0 saturated heterocycles. The van der Waals surface area contributed by atoms with Crippen molar-refractivity contribution in [1.82, 2.24) is 0 Å². The van der Waals surface area contributed by atoms with Gasteiger partial charge in [0.05, 0.1) is 0 Å². The maximum absolute atomic E-state index is 5.79. The summed E-state index contributed by atoms with van der Waals surface area (Å²) in [6.07, 6.45) is 29.7. The van der Waals surface area contributed by atoms with Gasteiger partial charge in [0, 0.05) is 11.8 Å². The number of unbranched alkanes of at least 4 members (excludes halogenated alkanes) is 18. The maximum atomic E-state index is 5.79. The molecule has 0 fully saturated rings. The van der Waals surface area contributed by atoms with Crippen molar-refractivity contribution >= 4 is 34.5 Å². The molecule has 0 aliphatic carbocycles. The van der Waals surface area contributed by atoms with Gasteiger partial charge in [-0.25, -0.2) is 0 Å². The minimum atomic E-state index is 0.344. The predicted octanol–water partition coefficient (Wildman–Crippen LogP) is 11.6. The molecule has 0 N–H and O–H groups in total. The van der Waals surface area contributed by atoms with E-state index in [9.17, 15) is 0 Å². The normalized spacial score (nSPS) is 12.9. The fourth-order valence-electron chi connectivity index (χ4n) is 4.68. The first-order valence-corrected chi connectivity index (χ1v) is 16.7. The lowest BCUT2D eigenvalue weighted by Gasteiger charge is -2.17. The van der Waals surface area contributed by atoms with Crippen molar-refractivity contribution in [1.29, 1.82) is 0 Å². The second-order valence-corrected chi connectivity index (χ2v) is 11.9. The van der Waals surface area contributed by atoms with Crippen LogP contribution in [-0.4, -0.2) is 23.3 Å². The second kappa shape index (κ2) is 27.8. The summed E-state index contributed by atoms with van der Waals surface area (Å²) in [5.41, 5.74) is 0. The van der Waals surface area contributed by atoms with E-state index in [4.69, 9.17) is 33.9 Å². The van der Waals surface area contributed by atoms with Gasteiger partial charge in [-0.15, -0.1) is 0 Å². The highest BCUT2D eigenvalue weighted by atomic mass is 32.1. The van der Waals surface area contributed by atoms with Gasteiger partial charge in [0.2, 0.25) is 0 Å². The van der Waals surface area contributed by atoms with Gasteiger partial charge in [0.25, 0.3) is 0 Å². The first kappa shape index (κ1) is 35.8. The molecular formula is C32H62O2S2. The summed E-state index contributed by atoms with van der Waals surface area (Å²) < 4.78 is 11.6. The van der Waals surface area contributed by atoms with Gasteiger partial charge in [-0.2, -0.15) is 0 Å². The Bertz CT molecular complexity index is 451. The van der Waals surface area contributed by atoms with E-state index in [0.717, 1.165) is 22.9 Å². The van der Waals surface area contributed by atoms with E-state index in [2.05, 4.69) is 27.7 Å². The largest absolute Gasteiger partial charge is 0.483 e. The topological polar surface area (TPSA) is 18.5 Å². The SMILES string of the molecule is CCCCCCCCCCCCC(C)C(=S)OCCOC(=S)C(C)CCCCCCCCCCCC. The van der Waals surface area contributed by atoms with Gasteiger partial charge in [-0.3, -0.25) is 0 Å². The van der Waals surface area contributed by atoms with E-state index in [-0.39, 0.29) is 0 Å². The van der Waals surface area contributed by atoms with Crippen LogP contribution in [0.1, 0.15) is 169 Å². The highest BCUT2D eigenvalue weighted by Gasteiger charge is 2.12. The Labute approximate surface area is 237 Å². The average Bonchev–Trinajstić information content (AvgIpc) is 2.88. The van der Waals surface area contributed by atoms with Crippen LogP contribution in [-0.2, 0) is 9.47 Å². The molecule has 0 aromatic rings. The molecule has 2 nitrogen and oxygen atoms in total. The number of rotatable bonds is 27. The lowest BCUT2D eigenvalue weighted by Crippen LogP contribution is -2.19. The molecule has 2 unspecified atom stereocenters. The lowest BCUT2D eigenvalue weighted by molar-refractivity contribution is 0.191. The maximum Gasteiger partial charge on any atom is 0.162 e. The Hall–Kier alpha value is -0.220. The summed E-state index contributed by atoms with van der Waals surface area (Å²) in [5.74, 6) is 0.688. The summed E-state index contributed by atoms with van der Waals surface area (Å²) >= 11 is 11.0. The molecule has 0 bridgehead atoms. The van der Waals surface area contributed by atoms with Gasteiger partial charge in [0.1, 0.15) is 13.2 Å². The van der Waals surface area contributed by atoms with Gasteiger partial charge < -0.3 is 9.47 Å². The zero-order chi connectivity index (χ0) is 26.7. The molecule has 36 heavy (non-hydrogen) atoms. The van der Waals surface area contributed by atoms with Crippen LogP contribution in [0.2, 0.25) is 0 Å². The predicted molar refractivity (Wildman–Crippen MR) is 168 cm³/mol. The minimum absolute atomic E-state index is 0.344. The van der Waals surface area contributed by atoms with Crippen LogP contribution >= 0.6 is 24.4 Å². The number of ether oxygens (including phenoxy) is 2. The second-order valence-electron chi connectivity index (χ2n) is 11.1. The van der Waals surface area contributed by atoms with Crippen molar-refractivity contribution in [3.05, 3.63) is 0 Å². The van der Waals surface area contributed by atoms with Crippen molar-refractivity contribution in [3.8, 4) is 0 Å². The van der Waals surface area contributed by atoms with Crippen molar-refractivity contribution < 1.29 is 9.47 Å². The van der Waals surface area contributed by atoms with Crippen molar-refractivity contribution in [3.63, 3.8) is 0 Å². The highest BCUT2D eigenvalue weighted by molar-refractivity contribution is 7.80. The molecule has 0 spiro atoms. The first-order valence-electron chi connectivity index (χ1n) is 15.9. The molecule has 0 saturated carbocycles. The number of thiocarbonyl (C=S) groups is 2. The summed E-state index contributed by atoms with van der Waals surface area (Å²) in [4.78, 5) is 0. The molecule has 2 atom stereocenters. The Balaban J connectivity index is 3.56. The number of hydrogen-bond acceptors (Lipinski definition) is 4. The summed E-state index contributed by atoms with van der Waals surface area (Å²) in [7, 11) is 0. The molecule has 0 rings (SSSR count). The molecule has 0 aliphatic rings. The Morgan fingerprint density at radius 2 is 0.694 bits per heavy atom. The van der Waals surface area contributed by atoms with Crippen LogP contribution < -0.4 is 0 Å². The molecule has 4 heteroatoms. The summed E-state index contributed by atoms with van der Waals surface area (Å²) in [6, 6.07) is 0. The van der Waals surface area contributed by atoms with Gasteiger partial charge >= 0.3 is 0 Å². The molecule has 0 aromatic carbocycles. The first-order chi connectivity index (χ1) is 17.5. The smallest absolute Gasteiger partial charge is 0.162 e. The van der Waals surface area contributed by atoms with E-state index in [0.29, 0.717) is 25.0 Å². The molecule has 0 aromatic heterocycles. The third-order valence-corrected chi connectivity index (χ3v) is 8.40. The van der Waals surface area contributed by atoms with E-state index in [1.54, 1.807) is 0 Å². The van der Waals surface area contributed by atoms with Crippen LogP contribution in [0.4, 0.5) is 0 Å². The lowest BCUT2D eigenvalue weighted by atomic mass is 10.0. The standard InChI is InChI=1S/C32H62O2S2/c1-5-7-9-11-13-15-17-19-21-23-25-29(3)31(35)33-27-28-34-32(36)30(4)26-24-22-20-18-16-14-12-10-8-6-2/h29-30H,5-28H2,1-4H3. The van der Waals surface area contributed by atoms with Crippen molar-refractivity contribution in [2.24, 2.45) is 11.8 Å². The molecule has 214 valence electrons. The van der Waals surface area contributed by atoms with Gasteiger partial charge in [0.15, 0.2) is 10.1 Å². The molecule has 0 amide bonds. The third kappa shape index (κ3) is 24.1. The van der Waals surface area contributed by atoms with Crippen LogP contribution in [0.25, 0.3) is 0 Å². The zero-order valence-corrected chi connectivity index (χ0v) is 26.4. The average molecular weight is 543 g/mol. The minimum Gasteiger partial charge on any atom is -0.483 e. The quantitative estimate of drug-likeness (QED) is 0.0758. The fourth-order valence-corrected chi connectivity index (χ4v) is 5.08. The van der Waals surface area contributed by atoms with Crippen LogP contribution in [0, 0.1) is 11.8 Å². The van der Waals surface area contributed by atoms with Gasteiger partial charge in [-0.05, 0) is 37.3 Å². The zero-order valence-electron chi connectivity index (χ0n) is 24.8. The van der Waals surface area contributed by atoms with Crippen molar-refractivity contribution in [2.75, 3.05) is 13.2 Å². The van der Waals surface area contributed by atoms with Crippen LogP contribution in [0.3, 0.4) is 0 Å². The number of hydrogen-bond donors (Lipinski definition) is 0. The van der Waals surface area contributed by atoms with E-state index >= 15 is 0 Å².